The molecule has 0 spiro atoms. The van der Waals surface area contributed by atoms with Gasteiger partial charge in [0.2, 0.25) is 5.91 Å². The van der Waals surface area contributed by atoms with Crippen molar-refractivity contribution in [1.29, 1.82) is 0 Å². The minimum Gasteiger partial charge on any atom is -0.398 e. The largest absolute Gasteiger partial charge is 0.418 e. The second-order valence-electron chi connectivity index (χ2n) is 4.38. The summed E-state index contributed by atoms with van der Waals surface area (Å²) in [7, 11) is 0. The standard InChI is InChI=1S/C12H13F3N2O/c13-12(14,15)9-5-7(1-2-10(9)16)8-3-4-17-11(18)6-8/h1-2,5,8H,3-4,6,16H2,(H,17,18)/t8-/m1/s1. The molecule has 1 aromatic carbocycles. The lowest BCUT2D eigenvalue weighted by Crippen LogP contribution is -2.32. The number of carbonyl (C=O) groups excluding carboxylic acids is 1. The first-order chi connectivity index (χ1) is 8.38. The van der Waals surface area contributed by atoms with Crippen molar-refractivity contribution in [2.75, 3.05) is 12.3 Å². The van der Waals surface area contributed by atoms with Gasteiger partial charge >= 0.3 is 6.18 Å². The number of amides is 1. The second-order valence-corrected chi connectivity index (χ2v) is 4.38. The summed E-state index contributed by atoms with van der Waals surface area (Å²) in [5.74, 6) is -0.294. The summed E-state index contributed by atoms with van der Waals surface area (Å²) in [4.78, 5) is 11.2. The number of nitrogens with one attached hydrogen (secondary N) is 1. The number of alkyl halides is 3. The predicted molar refractivity (Wildman–Crippen MR) is 60.8 cm³/mol. The average Bonchev–Trinajstić information content (AvgIpc) is 2.28. The van der Waals surface area contributed by atoms with E-state index in [0.29, 0.717) is 18.5 Å². The number of anilines is 1. The summed E-state index contributed by atoms with van der Waals surface area (Å²) >= 11 is 0. The molecule has 1 aromatic rings. The van der Waals surface area contributed by atoms with Crippen LogP contribution in [0.15, 0.2) is 18.2 Å². The molecule has 0 unspecified atom stereocenters. The molecule has 6 heteroatoms. The van der Waals surface area contributed by atoms with E-state index in [9.17, 15) is 18.0 Å². The summed E-state index contributed by atoms with van der Waals surface area (Å²) in [6.07, 6.45) is -3.59. The van der Waals surface area contributed by atoms with E-state index >= 15 is 0 Å². The third-order valence-corrected chi connectivity index (χ3v) is 3.10. The Morgan fingerprint density at radius 1 is 1.33 bits per heavy atom. The normalized spacial score (nSPS) is 20.6. The van der Waals surface area contributed by atoms with Crippen molar-refractivity contribution in [3.8, 4) is 0 Å². The molecule has 1 heterocycles. The fourth-order valence-electron chi connectivity index (χ4n) is 2.14. The molecule has 0 saturated carbocycles. The van der Waals surface area contributed by atoms with Crippen molar-refractivity contribution < 1.29 is 18.0 Å². The highest BCUT2D eigenvalue weighted by molar-refractivity contribution is 5.77. The van der Waals surface area contributed by atoms with Crippen molar-refractivity contribution in [1.82, 2.24) is 5.32 Å². The summed E-state index contributed by atoms with van der Waals surface area (Å²) in [6.45, 7) is 0.495. The molecule has 1 fully saturated rings. The maximum atomic E-state index is 12.7. The number of piperidine rings is 1. The third kappa shape index (κ3) is 2.57. The molecule has 1 saturated heterocycles. The Balaban J connectivity index is 2.32. The van der Waals surface area contributed by atoms with Gasteiger partial charge in [-0.3, -0.25) is 4.79 Å². The van der Waals surface area contributed by atoms with Gasteiger partial charge < -0.3 is 11.1 Å². The van der Waals surface area contributed by atoms with E-state index in [1.807, 2.05) is 0 Å². The lowest BCUT2D eigenvalue weighted by molar-refractivity contribution is -0.137. The van der Waals surface area contributed by atoms with Crippen LogP contribution in [0.3, 0.4) is 0 Å². The van der Waals surface area contributed by atoms with Gasteiger partial charge in [-0.05, 0) is 30.0 Å². The first-order valence-electron chi connectivity index (χ1n) is 5.61. The van der Waals surface area contributed by atoms with Crippen LogP contribution in [0.2, 0.25) is 0 Å². The Hall–Kier alpha value is -1.72. The molecule has 3 nitrogen and oxygen atoms in total. The first-order valence-corrected chi connectivity index (χ1v) is 5.61. The van der Waals surface area contributed by atoms with Crippen molar-refractivity contribution >= 4 is 11.6 Å². The molecular formula is C12H13F3N2O. The van der Waals surface area contributed by atoms with E-state index in [1.54, 1.807) is 6.07 Å². The van der Waals surface area contributed by atoms with Crippen LogP contribution in [0.5, 0.6) is 0 Å². The Morgan fingerprint density at radius 2 is 2.06 bits per heavy atom. The zero-order chi connectivity index (χ0) is 13.3. The van der Waals surface area contributed by atoms with Crippen LogP contribution in [0.25, 0.3) is 0 Å². The number of rotatable bonds is 1. The van der Waals surface area contributed by atoms with Crippen LogP contribution in [0.4, 0.5) is 18.9 Å². The van der Waals surface area contributed by atoms with E-state index in [2.05, 4.69) is 5.32 Å². The summed E-state index contributed by atoms with van der Waals surface area (Å²) < 4.78 is 38.1. The molecule has 18 heavy (non-hydrogen) atoms. The molecule has 1 amide bonds. The second kappa shape index (κ2) is 4.51. The Kier molecular flexibility index (Phi) is 3.19. The van der Waals surface area contributed by atoms with E-state index in [4.69, 9.17) is 5.73 Å². The maximum absolute atomic E-state index is 12.7. The fraction of sp³-hybridized carbons (Fsp3) is 0.417. The predicted octanol–water partition coefficient (Wildman–Crippen LogP) is 2.28. The molecule has 98 valence electrons. The number of carbonyl (C=O) groups is 1. The van der Waals surface area contributed by atoms with Gasteiger partial charge in [0, 0.05) is 18.7 Å². The van der Waals surface area contributed by atoms with Gasteiger partial charge in [0.05, 0.1) is 5.56 Å². The number of hydrogen-bond acceptors (Lipinski definition) is 2. The quantitative estimate of drug-likeness (QED) is 0.759. The van der Waals surface area contributed by atoms with Gasteiger partial charge in [0.1, 0.15) is 0 Å². The highest BCUT2D eigenvalue weighted by atomic mass is 19.4. The number of nitrogens with two attached hydrogens (primary N) is 1. The Bertz CT molecular complexity index is 471. The van der Waals surface area contributed by atoms with Crippen LogP contribution >= 0.6 is 0 Å². The molecule has 1 aliphatic rings. The Labute approximate surface area is 102 Å². The molecule has 1 aliphatic heterocycles. The van der Waals surface area contributed by atoms with Crippen molar-refractivity contribution in [2.45, 2.75) is 24.9 Å². The SMILES string of the molecule is Nc1ccc([C@@H]2CCNC(=O)C2)cc1C(F)(F)F. The number of hydrogen-bond donors (Lipinski definition) is 2. The third-order valence-electron chi connectivity index (χ3n) is 3.10. The van der Waals surface area contributed by atoms with Gasteiger partial charge in [0.15, 0.2) is 0 Å². The van der Waals surface area contributed by atoms with Crippen LogP contribution in [0.1, 0.15) is 29.9 Å². The summed E-state index contributed by atoms with van der Waals surface area (Å²) in [6, 6.07) is 3.87. The molecular weight excluding hydrogens is 245 g/mol. The minimum atomic E-state index is -4.46. The molecule has 0 radical (unpaired) electrons. The number of benzene rings is 1. The lowest BCUT2D eigenvalue weighted by Gasteiger charge is -2.23. The van der Waals surface area contributed by atoms with Crippen molar-refractivity contribution in [3.63, 3.8) is 0 Å². The van der Waals surface area contributed by atoms with E-state index in [-0.39, 0.29) is 23.9 Å². The Morgan fingerprint density at radius 3 is 2.67 bits per heavy atom. The van der Waals surface area contributed by atoms with E-state index < -0.39 is 11.7 Å². The van der Waals surface area contributed by atoms with Gasteiger partial charge in [-0.25, -0.2) is 0 Å². The van der Waals surface area contributed by atoms with Crippen molar-refractivity contribution in [3.05, 3.63) is 29.3 Å². The molecule has 0 aliphatic carbocycles. The summed E-state index contributed by atoms with van der Waals surface area (Å²) in [5.41, 5.74) is 4.74. The number of nitrogen functional groups attached to an aromatic ring is 1. The van der Waals surface area contributed by atoms with Crippen LogP contribution in [-0.2, 0) is 11.0 Å². The van der Waals surface area contributed by atoms with Gasteiger partial charge in [-0.15, -0.1) is 0 Å². The van der Waals surface area contributed by atoms with Gasteiger partial charge in [0.25, 0.3) is 0 Å². The highest BCUT2D eigenvalue weighted by Gasteiger charge is 2.34. The molecule has 1 atom stereocenters. The first kappa shape index (κ1) is 12.7. The number of halogens is 3. The van der Waals surface area contributed by atoms with Crippen LogP contribution < -0.4 is 11.1 Å². The topological polar surface area (TPSA) is 55.1 Å². The van der Waals surface area contributed by atoms with E-state index in [1.165, 1.54) is 6.07 Å². The van der Waals surface area contributed by atoms with Crippen molar-refractivity contribution in [2.24, 2.45) is 0 Å². The molecule has 0 aromatic heterocycles. The average molecular weight is 258 g/mol. The molecule has 0 bridgehead atoms. The van der Waals surface area contributed by atoms with Gasteiger partial charge in [-0.2, -0.15) is 13.2 Å². The monoisotopic (exact) mass is 258 g/mol. The van der Waals surface area contributed by atoms with Gasteiger partial charge in [-0.1, -0.05) is 6.07 Å². The lowest BCUT2D eigenvalue weighted by atomic mass is 9.88. The zero-order valence-electron chi connectivity index (χ0n) is 9.55. The molecule has 3 N–H and O–H groups in total. The zero-order valence-corrected chi connectivity index (χ0v) is 9.55. The fourth-order valence-corrected chi connectivity index (χ4v) is 2.14. The van der Waals surface area contributed by atoms with E-state index in [0.717, 1.165) is 6.07 Å². The smallest absolute Gasteiger partial charge is 0.398 e. The minimum absolute atomic E-state index is 0.128. The summed E-state index contributed by atoms with van der Waals surface area (Å²) in [5, 5.41) is 2.65. The van der Waals surface area contributed by atoms with Crippen LogP contribution in [-0.4, -0.2) is 12.5 Å². The highest BCUT2D eigenvalue weighted by Crippen LogP contribution is 2.36. The van der Waals surface area contributed by atoms with Crippen LogP contribution in [0, 0.1) is 0 Å². The molecule has 2 rings (SSSR count). The maximum Gasteiger partial charge on any atom is 0.418 e.